The predicted octanol–water partition coefficient (Wildman–Crippen LogP) is 0.898. The van der Waals surface area contributed by atoms with E-state index in [0.29, 0.717) is 11.4 Å². The molecule has 1 atom stereocenters. The Hall–Kier alpha value is -1.10. The van der Waals surface area contributed by atoms with Crippen molar-refractivity contribution >= 4 is 17.5 Å². The predicted molar refractivity (Wildman–Crippen MR) is 66.0 cm³/mol. The third kappa shape index (κ3) is 4.34. The van der Waals surface area contributed by atoms with Crippen molar-refractivity contribution in [1.82, 2.24) is 5.32 Å². The molecule has 1 amide bonds. The summed E-state index contributed by atoms with van der Waals surface area (Å²) in [5.74, 6) is 0.112. The highest BCUT2D eigenvalue weighted by molar-refractivity contribution is 6.17. The number of carbonyl (C=O) groups excluding carboxylic acids is 1. The molecule has 1 rings (SSSR count). The second-order valence-electron chi connectivity index (χ2n) is 4.17. The molecule has 0 bridgehead atoms. The molecule has 0 heterocycles. The van der Waals surface area contributed by atoms with Crippen LogP contribution in [-0.4, -0.2) is 34.9 Å². The van der Waals surface area contributed by atoms with Crippen LogP contribution in [-0.2, 0) is 5.88 Å². The van der Waals surface area contributed by atoms with Crippen molar-refractivity contribution < 1.29 is 15.0 Å². The molecule has 0 aliphatic rings. The number of aliphatic hydroxyl groups excluding tert-OH is 1. The van der Waals surface area contributed by atoms with Crippen LogP contribution in [0.5, 0.6) is 0 Å². The lowest BCUT2D eigenvalue weighted by molar-refractivity contribution is 0.00320. The Morgan fingerprint density at radius 1 is 1.41 bits per heavy atom. The summed E-state index contributed by atoms with van der Waals surface area (Å²) < 4.78 is 0. The average Bonchev–Trinajstić information content (AvgIpc) is 2.36. The number of nitrogens with one attached hydrogen (secondary N) is 1. The van der Waals surface area contributed by atoms with Crippen molar-refractivity contribution in [3.05, 3.63) is 35.4 Å². The second kappa shape index (κ2) is 6.00. The van der Waals surface area contributed by atoms with Gasteiger partial charge in [0.15, 0.2) is 0 Å². The number of hydrogen-bond donors (Lipinski definition) is 3. The van der Waals surface area contributed by atoms with Gasteiger partial charge in [-0.1, -0.05) is 12.1 Å². The minimum atomic E-state index is -1.30. The van der Waals surface area contributed by atoms with Crippen LogP contribution < -0.4 is 5.32 Å². The molecular weight excluding hydrogens is 242 g/mol. The van der Waals surface area contributed by atoms with Crippen LogP contribution >= 0.6 is 11.6 Å². The molecule has 5 heteroatoms. The second-order valence-corrected chi connectivity index (χ2v) is 4.44. The fourth-order valence-corrected chi connectivity index (χ4v) is 1.35. The van der Waals surface area contributed by atoms with E-state index in [2.05, 4.69) is 5.32 Å². The van der Waals surface area contributed by atoms with Gasteiger partial charge in [-0.05, 0) is 24.6 Å². The van der Waals surface area contributed by atoms with Crippen molar-refractivity contribution in [3.8, 4) is 0 Å². The highest BCUT2D eigenvalue weighted by Gasteiger charge is 2.20. The zero-order valence-electron chi connectivity index (χ0n) is 9.61. The lowest BCUT2D eigenvalue weighted by Gasteiger charge is -2.20. The van der Waals surface area contributed by atoms with E-state index in [4.69, 9.17) is 16.7 Å². The largest absolute Gasteiger partial charge is 0.393 e. The van der Waals surface area contributed by atoms with Gasteiger partial charge >= 0.3 is 0 Å². The number of carbonyl (C=O) groups is 1. The number of rotatable bonds is 5. The van der Waals surface area contributed by atoms with E-state index >= 15 is 0 Å². The zero-order chi connectivity index (χ0) is 12.9. The van der Waals surface area contributed by atoms with Gasteiger partial charge in [0.2, 0.25) is 0 Å². The van der Waals surface area contributed by atoms with Gasteiger partial charge < -0.3 is 15.5 Å². The van der Waals surface area contributed by atoms with E-state index in [1.807, 2.05) is 0 Å². The highest BCUT2D eigenvalue weighted by atomic mass is 35.5. The van der Waals surface area contributed by atoms with Gasteiger partial charge in [0.25, 0.3) is 5.91 Å². The number of hydrogen-bond acceptors (Lipinski definition) is 3. The summed E-state index contributed by atoms with van der Waals surface area (Å²) in [4.78, 5) is 11.7. The minimum Gasteiger partial charge on any atom is -0.393 e. The third-order valence-corrected chi connectivity index (χ3v) is 2.65. The quantitative estimate of drug-likeness (QED) is 0.687. The van der Waals surface area contributed by atoms with E-state index in [-0.39, 0.29) is 12.5 Å². The van der Waals surface area contributed by atoms with Crippen molar-refractivity contribution in [2.24, 2.45) is 0 Å². The summed E-state index contributed by atoms with van der Waals surface area (Å²) in [6.07, 6.45) is 0. The fourth-order valence-electron chi connectivity index (χ4n) is 1.17. The summed E-state index contributed by atoms with van der Waals surface area (Å²) in [7, 11) is 0. The Morgan fingerprint density at radius 3 is 2.47 bits per heavy atom. The maximum absolute atomic E-state index is 11.7. The van der Waals surface area contributed by atoms with Crippen molar-refractivity contribution in [2.45, 2.75) is 18.4 Å². The van der Waals surface area contributed by atoms with Gasteiger partial charge in [0.1, 0.15) is 5.60 Å². The summed E-state index contributed by atoms with van der Waals surface area (Å²) >= 11 is 5.64. The van der Waals surface area contributed by atoms with Gasteiger partial charge in [0.05, 0.1) is 6.61 Å². The smallest absolute Gasteiger partial charge is 0.251 e. The molecule has 1 aromatic rings. The zero-order valence-corrected chi connectivity index (χ0v) is 10.4. The molecule has 17 heavy (non-hydrogen) atoms. The Balaban J connectivity index is 2.58. The van der Waals surface area contributed by atoms with Crippen molar-refractivity contribution in [3.63, 3.8) is 0 Å². The first-order valence-corrected chi connectivity index (χ1v) is 5.78. The minimum absolute atomic E-state index is 0.000406. The molecule has 1 aromatic carbocycles. The molecule has 3 N–H and O–H groups in total. The molecule has 94 valence electrons. The number of amides is 1. The van der Waals surface area contributed by atoms with Gasteiger partial charge in [0, 0.05) is 18.0 Å². The lowest BCUT2D eigenvalue weighted by atomic mass is 10.1. The van der Waals surface area contributed by atoms with Gasteiger partial charge in [-0.2, -0.15) is 0 Å². The molecule has 0 fully saturated rings. The maximum atomic E-state index is 11.7. The highest BCUT2D eigenvalue weighted by Crippen LogP contribution is 2.07. The third-order valence-electron chi connectivity index (χ3n) is 2.34. The molecular formula is C12H16ClNO3. The summed E-state index contributed by atoms with van der Waals surface area (Å²) in [5, 5.41) is 20.9. The van der Waals surface area contributed by atoms with E-state index in [1.54, 1.807) is 24.3 Å². The SMILES string of the molecule is CC(O)(CO)CNC(=O)c1ccc(CCl)cc1. The van der Waals surface area contributed by atoms with Gasteiger partial charge in [-0.15, -0.1) is 11.6 Å². The molecule has 4 nitrogen and oxygen atoms in total. The number of halogens is 1. The van der Waals surface area contributed by atoms with E-state index < -0.39 is 12.2 Å². The standard InChI is InChI=1S/C12H16ClNO3/c1-12(17,8-15)7-14-11(16)10-4-2-9(6-13)3-5-10/h2-5,15,17H,6-8H2,1H3,(H,14,16). The van der Waals surface area contributed by atoms with Crippen LogP contribution in [0.1, 0.15) is 22.8 Å². The number of aliphatic hydroxyl groups is 2. The molecule has 0 saturated carbocycles. The number of benzene rings is 1. The van der Waals surface area contributed by atoms with Crippen LogP contribution in [0.3, 0.4) is 0 Å². The fraction of sp³-hybridized carbons (Fsp3) is 0.417. The molecule has 0 spiro atoms. The normalized spacial score (nSPS) is 14.1. The Kier molecular flexibility index (Phi) is 4.93. The van der Waals surface area contributed by atoms with Crippen LogP contribution in [0.2, 0.25) is 0 Å². The topological polar surface area (TPSA) is 69.6 Å². The van der Waals surface area contributed by atoms with E-state index in [1.165, 1.54) is 6.92 Å². The Morgan fingerprint density at radius 2 is 2.00 bits per heavy atom. The summed E-state index contributed by atoms with van der Waals surface area (Å²) in [6.45, 7) is 1.04. The van der Waals surface area contributed by atoms with E-state index in [0.717, 1.165) is 5.56 Å². The average molecular weight is 258 g/mol. The summed E-state index contributed by atoms with van der Waals surface area (Å²) in [5.41, 5.74) is 0.129. The Labute approximate surface area is 105 Å². The molecule has 1 unspecified atom stereocenters. The Bertz CT molecular complexity index is 376. The number of alkyl halides is 1. The van der Waals surface area contributed by atoms with Crippen LogP contribution in [0, 0.1) is 0 Å². The molecule has 0 aromatic heterocycles. The molecule has 0 aliphatic heterocycles. The molecule has 0 aliphatic carbocycles. The maximum Gasteiger partial charge on any atom is 0.251 e. The van der Waals surface area contributed by atoms with Gasteiger partial charge in [-0.3, -0.25) is 4.79 Å². The van der Waals surface area contributed by atoms with Crippen LogP contribution in [0.4, 0.5) is 0 Å². The van der Waals surface area contributed by atoms with Gasteiger partial charge in [-0.25, -0.2) is 0 Å². The van der Waals surface area contributed by atoms with Crippen LogP contribution in [0.15, 0.2) is 24.3 Å². The first-order chi connectivity index (χ1) is 7.98. The molecule has 0 radical (unpaired) electrons. The van der Waals surface area contributed by atoms with Crippen LogP contribution in [0.25, 0.3) is 0 Å². The lowest BCUT2D eigenvalue weighted by Crippen LogP contribution is -2.43. The van der Waals surface area contributed by atoms with Crippen molar-refractivity contribution in [1.29, 1.82) is 0 Å². The first kappa shape index (κ1) is 14.0. The monoisotopic (exact) mass is 257 g/mol. The summed E-state index contributed by atoms with van der Waals surface area (Å²) in [6, 6.07) is 6.87. The van der Waals surface area contributed by atoms with Crippen molar-refractivity contribution in [2.75, 3.05) is 13.2 Å². The first-order valence-electron chi connectivity index (χ1n) is 5.25. The van der Waals surface area contributed by atoms with E-state index in [9.17, 15) is 9.90 Å². The molecule has 0 saturated heterocycles.